The quantitative estimate of drug-likeness (QED) is 0.300. The van der Waals surface area contributed by atoms with Crippen molar-refractivity contribution >= 4 is 68.7 Å². The number of halogens is 1. The molecular formula is C18H10BrN3O3S2. The van der Waals surface area contributed by atoms with Gasteiger partial charge >= 0.3 is 0 Å². The number of rotatable bonds is 3. The number of aliphatic imine (C=N–C) groups is 1. The predicted octanol–water partition coefficient (Wildman–Crippen LogP) is 5.90. The van der Waals surface area contributed by atoms with E-state index in [4.69, 9.17) is 12.2 Å². The first-order valence-corrected chi connectivity index (χ1v) is 9.71. The molecule has 4 rings (SSSR count). The zero-order valence-corrected chi connectivity index (χ0v) is 16.7. The lowest BCUT2D eigenvalue weighted by atomic mass is 10.1. The van der Waals surface area contributed by atoms with Gasteiger partial charge in [-0.05, 0) is 42.6 Å². The average molecular weight is 460 g/mol. The summed E-state index contributed by atoms with van der Waals surface area (Å²) in [5.41, 5.74) is 3.03. The second-order valence-corrected chi connectivity index (χ2v) is 8.28. The molecule has 0 unspecified atom stereocenters. The van der Waals surface area contributed by atoms with Gasteiger partial charge in [0.15, 0.2) is 3.95 Å². The first-order valence-electron chi connectivity index (χ1n) is 7.69. The third-order valence-electron chi connectivity index (χ3n) is 4.01. The van der Waals surface area contributed by atoms with E-state index in [-0.39, 0.29) is 11.6 Å². The molecule has 0 radical (unpaired) electrons. The zero-order chi connectivity index (χ0) is 19.1. The highest BCUT2D eigenvalue weighted by Crippen LogP contribution is 2.38. The van der Waals surface area contributed by atoms with E-state index in [1.807, 2.05) is 24.3 Å². The molecular weight excluding hydrogens is 450 g/mol. The van der Waals surface area contributed by atoms with Crippen LogP contribution < -0.4 is 0 Å². The van der Waals surface area contributed by atoms with Crippen molar-refractivity contribution in [3.63, 3.8) is 0 Å². The van der Waals surface area contributed by atoms with Crippen LogP contribution in [0.15, 0.2) is 51.9 Å². The van der Waals surface area contributed by atoms with E-state index in [1.54, 1.807) is 18.3 Å². The number of benzene rings is 2. The number of hydrogen-bond acceptors (Lipinski definition) is 6. The summed E-state index contributed by atoms with van der Waals surface area (Å²) in [6, 6.07) is 11.8. The Kier molecular flexibility index (Phi) is 4.50. The molecule has 0 spiro atoms. The lowest BCUT2D eigenvalue weighted by Crippen LogP contribution is -1.95. The summed E-state index contributed by atoms with van der Waals surface area (Å²) >= 11 is 10.0. The van der Waals surface area contributed by atoms with Crippen LogP contribution >= 0.6 is 39.5 Å². The normalized spacial score (nSPS) is 13.9. The van der Waals surface area contributed by atoms with Gasteiger partial charge in [0.2, 0.25) is 5.88 Å². The number of thiazole rings is 1. The average Bonchev–Trinajstić information content (AvgIpc) is 3.16. The molecule has 0 saturated carbocycles. The van der Waals surface area contributed by atoms with E-state index >= 15 is 0 Å². The van der Waals surface area contributed by atoms with Crippen LogP contribution in [0.2, 0.25) is 0 Å². The number of nitrogens with zero attached hydrogens (tertiary/aromatic N) is 3. The maximum Gasteiger partial charge on any atom is 0.271 e. The van der Waals surface area contributed by atoms with Crippen LogP contribution in [0.3, 0.4) is 0 Å². The highest BCUT2D eigenvalue weighted by molar-refractivity contribution is 9.10. The summed E-state index contributed by atoms with van der Waals surface area (Å²) in [5.74, 6) is -0.0603. The van der Waals surface area contributed by atoms with Crippen molar-refractivity contribution in [1.82, 2.24) is 4.57 Å². The molecule has 0 amide bonds. The molecule has 6 nitrogen and oxygen atoms in total. The van der Waals surface area contributed by atoms with Crippen molar-refractivity contribution in [3.05, 3.63) is 71.4 Å². The molecule has 2 aromatic carbocycles. The third-order valence-corrected chi connectivity index (χ3v) is 5.81. The lowest BCUT2D eigenvalue weighted by molar-refractivity contribution is -0.384. The molecule has 1 aliphatic rings. The molecule has 1 N–H and O–H groups in total. The van der Waals surface area contributed by atoms with Gasteiger partial charge in [-0.2, -0.15) is 0 Å². The summed E-state index contributed by atoms with van der Waals surface area (Å²) in [6.45, 7) is 0. The lowest BCUT2D eigenvalue weighted by Gasteiger charge is -2.05. The van der Waals surface area contributed by atoms with E-state index < -0.39 is 4.92 Å². The fraction of sp³-hybridized carbons (Fsp3) is 0. The number of aromatic hydroxyl groups is 1. The summed E-state index contributed by atoms with van der Waals surface area (Å²) in [5, 5.41) is 21.7. The van der Waals surface area contributed by atoms with Crippen molar-refractivity contribution in [2.75, 3.05) is 0 Å². The molecule has 27 heavy (non-hydrogen) atoms. The van der Waals surface area contributed by atoms with Crippen LogP contribution in [-0.2, 0) is 0 Å². The maximum atomic E-state index is 11.0. The minimum absolute atomic E-state index is 0.0603. The second kappa shape index (κ2) is 6.84. The SMILES string of the molecule is O=[N+]([O-])c1cccc(-n2c(O)c(C=C3C=Nc4ccc(Br)cc43)sc2=S)c1. The van der Waals surface area contributed by atoms with Gasteiger partial charge in [-0.25, -0.2) is 0 Å². The van der Waals surface area contributed by atoms with Gasteiger partial charge in [0, 0.05) is 34.0 Å². The number of allylic oxidation sites excluding steroid dienone is 1. The highest BCUT2D eigenvalue weighted by Gasteiger charge is 2.17. The van der Waals surface area contributed by atoms with Crippen LogP contribution in [0.1, 0.15) is 10.4 Å². The van der Waals surface area contributed by atoms with Crippen molar-refractivity contribution in [3.8, 4) is 11.6 Å². The summed E-state index contributed by atoms with van der Waals surface area (Å²) < 4.78 is 2.75. The first-order chi connectivity index (χ1) is 12.9. The van der Waals surface area contributed by atoms with Gasteiger partial charge in [-0.15, -0.1) is 11.3 Å². The summed E-state index contributed by atoms with van der Waals surface area (Å²) in [6.07, 6.45) is 3.54. The third kappa shape index (κ3) is 3.25. The van der Waals surface area contributed by atoms with E-state index in [1.165, 1.54) is 28.0 Å². The highest BCUT2D eigenvalue weighted by atomic mass is 79.9. The molecule has 0 fully saturated rings. The Balaban J connectivity index is 1.81. The molecule has 2 heterocycles. The molecule has 0 aliphatic carbocycles. The molecule has 0 bridgehead atoms. The molecule has 1 aromatic heterocycles. The largest absolute Gasteiger partial charge is 0.493 e. The van der Waals surface area contributed by atoms with Crippen molar-refractivity contribution < 1.29 is 10.0 Å². The van der Waals surface area contributed by atoms with Crippen LogP contribution in [0.5, 0.6) is 5.88 Å². The van der Waals surface area contributed by atoms with Crippen LogP contribution in [-0.4, -0.2) is 20.8 Å². The number of hydrogen-bond donors (Lipinski definition) is 1. The van der Waals surface area contributed by atoms with Crippen molar-refractivity contribution in [2.45, 2.75) is 0 Å². The maximum absolute atomic E-state index is 11.0. The van der Waals surface area contributed by atoms with Gasteiger partial charge in [-0.3, -0.25) is 19.7 Å². The Morgan fingerprint density at radius 3 is 2.89 bits per heavy atom. The van der Waals surface area contributed by atoms with Crippen LogP contribution in [0, 0.1) is 14.1 Å². The van der Waals surface area contributed by atoms with Gasteiger partial charge in [0.25, 0.3) is 5.69 Å². The van der Waals surface area contributed by atoms with Crippen LogP contribution in [0.4, 0.5) is 11.4 Å². The zero-order valence-electron chi connectivity index (χ0n) is 13.5. The topological polar surface area (TPSA) is 80.7 Å². The Hall–Kier alpha value is -2.62. The number of aromatic nitrogens is 1. The molecule has 9 heteroatoms. The van der Waals surface area contributed by atoms with E-state index in [0.29, 0.717) is 14.5 Å². The molecule has 0 saturated heterocycles. The minimum atomic E-state index is -0.483. The Bertz CT molecular complexity index is 1210. The minimum Gasteiger partial charge on any atom is -0.493 e. The van der Waals surface area contributed by atoms with Gasteiger partial charge < -0.3 is 5.11 Å². The first kappa shape index (κ1) is 17.8. The molecule has 134 valence electrons. The molecule has 0 atom stereocenters. The standard InChI is InChI=1S/C18H10BrN3O3S2/c19-11-4-5-15-14(7-11)10(9-20-15)6-16-17(23)21(18(26)27-16)12-2-1-3-13(8-12)22(24)25/h1-9,23H. The summed E-state index contributed by atoms with van der Waals surface area (Å²) in [7, 11) is 0. The Morgan fingerprint density at radius 1 is 1.30 bits per heavy atom. The fourth-order valence-electron chi connectivity index (χ4n) is 2.77. The Morgan fingerprint density at radius 2 is 2.11 bits per heavy atom. The fourth-order valence-corrected chi connectivity index (χ4v) is 4.43. The predicted molar refractivity (Wildman–Crippen MR) is 113 cm³/mol. The molecule has 1 aliphatic heterocycles. The van der Waals surface area contributed by atoms with Crippen LogP contribution in [0.25, 0.3) is 17.3 Å². The van der Waals surface area contributed by atoms with Crippen molar-refractivity contribution in [1.29, 1.82) is 0 Å². The van der Waals surface area contributed by atoms with Gasteiger partial charge in [0.05, 0.1) is 21.2 Å². The number of non-ortho nitro benzene ring substituents is 1. The summed E-state index contributed by atoms with van der Waals surface area (Å²) in [4.78, 5) is 15.5. The monoisotopic (exact) mass is 459 g/mol. The second-order valence-electron chi connectivity index (χ2n) is 5.69. The Labute approximate surface area is 171 Å². The van der Waals surface area contributed by atoms with Crippen molar-refractivity contribution in [2.24, 2.45) is 4.99 Å². The van der Waals surface area contributed by atoms with Gasteiger partial charge in [0.1, 0.15) is 0 Å². The van der Waals surface area contributed by atoms with E-state index in [0.717, 1.165) is 21.3 Å². The van der Waals surface area contributed by atoms with Gasteiger partial charge in [-0.1, -0.05) is 22.0 Å². The van der Waals surface area contributed by atoms with E-state index in [9.17, 15) is 15.2 Å². The molecule has 3 aromatic rings. The van der Waals surface area contributed by atoms with E-state index in [2.05, 4.69) is 20.9 Å². The number of nitro groups is 1. The number of fused-ring (bicyclic) bond motifs is 1. The number of nitro benzene ring substituents is 1. The smallest absolute Gasteiger partial charge is 0.271 e.